The molecule has 26 heavy (non-hydrogen) atoms. The Balaban J connectivity index is 2.05. The Labute approximate surface area is 151 Å². The molecular weight excluding hydrogens is 334 g/mol. The molecule has 0 aliphatic rings. The van der Waals surface area contributed by atoms with E-state index in [4.69, 9.17) is 18.9 Å². The van der Waals surface area contributed by atoms with Crippen LogP contribution in [0.5, 0.6) is 23.0 Å². The molecule has 6 nitrogen and oxygen atoms in total. The van der Waals surface area contributed by atoms with Crippen LogP contribution in [0, 0.1) is 0 Å². The number of aromatic nitrogens is 1. The largest absolute Gasteiger partial charge is 0.497 e. The van der Waals surface area contributed by atoms with Gasteiger partial charge < -0.3 is 18.9 Å². The monoisotopic (exact) mass is 353 g/mol. The maximum atomic E-state index is 12.9. The predicted molar refractivity (Wildman–Crippen MR) is 97.8 cm³/mol. The van der Waals surface area contributed by atoms with Crippen LogP contribution in [0.25, 0.3) is 10.9 Å². The third kappa shape index (κ3) is 3.13. The Bertz CT molecular complexity index is 943. The summed E-state index contributed by atoms with van der Waals surface area (Å²) >= 11 is 0. The molecule has 0 aliphatic carbocycles. The lowest BCUT2D eigenvalue weighted by Gasteiger charge is -2.13. The van der Waals surface area contributed by atoms with Gasteiger partial charge in [-0.05, 0) is 36.4 Å². The Kier molecular flexibility index (Phi) is 4.93. The van der Waals surface area contributed by atoms with Crippen molar-refractivity contribution in [2.45, 2.75) is 0 Å². The molecule has 0 aliphatic heterocycles. The number of fused-ring (bicyclic) bond motifs is 1. The van der Waals surface area contributed by atoms with Crippen LogP contribution in [0.1, 0.15) is 16.1 Å². The second-order valence-electron chi connectivity index (χ2n) is 5.50. The highest BCUT2D eigenvalue weighted by Gasteiger charge is 2.19. The van der Waals surface area contributed by atoms with Crippen molar-refractivity contribution in [1.29, 1.82) is 0 Å². The summed E-state index contributed by atoms with van der Waals surface area (Å²) in [6.07, 6.45) is 0. The molecule has 0 amide bonds. The molecule has 0 spiro atoms. The van der Waals surface area contributed by atoms with Gasteiger partial charge in [-0.25, -0.2) is 4.98 Å². The van der Waals surface area contributed by atoms with Crippen LogP contribution in [0.15, 0.2) is 42.5 Å². The predicted octanol–water partition coefficient (Wildman–Crippen LogP) is 3.50. The van der Waals surface area contributed by atoms with Crippen molar-refractivity contribution in [3.63, 3.8) is 0 Å². The van der Waals surface area contributed by atoms with Gasteiger partial charge in [-0.1, -0.05) is 6.07 Å². The molecule has 0 atom stereocenters. The number of carbonyl (C=O) groups excluding carboxylic acids is 1. The van der Waals surface area contributed by atoms with Gasteiger partial charge in [0.25, 0.3) is 0 Å². The summed E-state index contributed by atoms with van der Waals surface area (Å²) in [4.78, 5) is 17.4. The fourth-order valence-corrected chi connectivity index (χ4v) is 2.72. The molecule has 3 rings (SSSR count). The lowest BCUT2D eigenvalue weighted by molar-refractivity contribution is 0.103. The quantitative estimate of drug-likeness (QED) is 0.632. The minimum Gasteiger partial charge on any atom is -0.497 e. The molecule has 3 aromatic rings. The summed E-state index contributed by atoms with van der Waals surface area (Å²) in [5.74, 6) is 1.77. The summed E-state index contributed by atoms with van der Waals surface area (Å²) < 4.78 is 21.1. The van der Waals surface area contributed by atoms with Gasteiger partial charge in [-0.2, -0.15) is 0 Å². The van der Waals surface area contributed by atoms with Crippen LogP contribution < -0.4 is 18.9 Å². The third-order valence-corrected chi connectivity index (χ3v) is 4.06. The highest BCUT2D eigenvalue weighted by molar-refractivity contribution is 6.09. The molecule has 0 N–H and O–H groups in total. The minimum atomic E-state index is -0.234. The molecule has 0 saturated carbocycles. The first-order chi connectivity index (χ1) is 12.6. The number of ketones is 1. The van der Waals surface area contributed by atoms with Crippen LogP contribution in [0.4, 0.5) is 0 Å². The third-order valence-electron chi connectivity index (χ3n) is 4.06. The minimum absolute atomic E-state index is 0.234. The number of hydrogen-bond acceptors (Lipinski definition) is 6. The Morgan fingerprint density at radius 3 is 2.08 bits per heavy atom. The first-order valence-corrected chi connectivity index (χ1v) is 7.90. The van der Waals surface area contributed by atoms with E-state index in [0.717, 1.165) is 11.1 Å². The van der Waals surface area contributed by atoms with Gasteiger partial charge in [-0.3, -0.25) is 4.79 Å². The Morgan fingerprint density at radius 1 is 0.808 bits per heavy atom. The topological polar surface area (TPSA) is 66.9 Å². The Morgan fingerprint density at radius 2 is 1.50 bits per heavy atom. The lowest BCUT2D eigenvalue weighted by atomic mass is 10.1. The average molecular weight is 353 g/mol. The van der Waals surface area contributed by atoms with Crippen molar-refractivity contribution in [2.75, 3.05) is 28.4 Å². The number of benzene rings is 2. The maximum absolute atomic E-state index is 12.9. The summed E-state index contributed by atoms with van der Waals surface area (Å²) in [6.45, 7) is 0. The molecular formula is C20H19NO5. The van der Waals surface area contributed by atoms with Crippen molar-refractivity contribution in [3.05, 3.63) is 53.7 Å². The normalized spacial score (nSPS) is 10.5. The molecule has 0 unspecified atom stereocenters. The van der Waals surface area contributed by atoms with E-state index in [1.54, 1.807) is 25.3 Å². The van der Waals surface area contributed by atoms with Gasteiger partial charge in [-0.15, -0.1) is 0 Å². The van der Waals surface area contributed by atoms with E-state index in [1.165, 1.54) is 21.3 Å². The standard InChI is InChI=1S/C20H19NO5/c1-23-14-6-8-15-12(9-14)5-7-16(21-15)19(22)13-10-17(24-2)20(26-4)18(11-13)25-3/h5-11H,1-4H3. The molecule has 134 valence electrons. The number of pyridine rings is 1. The number of nitrogens with zero attached hydrogens (tertiary/aromatic N) is 1. The average Bonchev–Trinajstić information content (AvgIpc) is 2.71. The van der Waals surface area contributed by atoms with Crippen LogP contribution in [0.3, 0.4) is 0 Å². The van der Waals surface area contributed by atoms with E-state index in [1.807, 2.05) is 24.3 Å². The van der Waals surface area contributed by atoms with Gasteiger partial charge in [0.2, 0.25) is 11.5 Å². The van der Waals surface area contributed by atoms with Crippen molar-refractivity contribution < 1.29 is 23.7 Å². The highest BCUT2D eigenvalue weighted by Crippen LogP contribution is 2.38. The lowest BCUT2D eigenvalue weighted by Crippen LogP contribution is -2.06. The number of hydrogen-bond donors (Lipinski definition) is 0. The zero-order valence-corrected chi connectivity index (χ0v) is 15.0. The Hall–Kier alpha value is -3.28. The highest BCUT2D eigenvalue weighted by atomic mass is 16.5. The van der Waals surface area contributed by atoms with E-state index < -0.39 is 0 Å². The number of rotatable bonds is 6. The molecule has 1 aromatic heterocycles. The summed E-state index contributed by atoms with van der Waals surface area (Å²) in [7, 11) is 6.14. The van der Waals surface area contributed by atoms with E-state index in [2.05, 4.69) is 4.98 Å². The SMILES string of the molecule is COc1ccc2nc(C(=O)c3cc(OC)c(OC)c(OC)c3)ccc2c1. The zero-order valence-electron chi connectivity index (χ0n) is 15.0. The van der Waals surface area contributed by atoms with Crippen molar-refractivity contribution in [3.8, 4) is 23.0 Å². The second kappa shape index (κ2) is 7.31. The number of carbonyl (C=O) groups is 1. The van der Waals surface area contributed by atoms with Crippen molar-refractivity contribution in [1.82, 2.24) is 4.98 Å². The molecule has 1 heterocycles. The molecule has 2 aromatic carbocycles. The summed E-state index contributed by atoms with van der Waals surface area (Å²) in [5.41, 5.74) is 1.45. The van der Waals surface area contributed by atoms with E-state index in [9.17, 15) is 4.79 Å². The van der Waals surface area contributed by atoms with Crippen LogP contribution >= 0.6 is 0 Å². The van der Waals surface area contributed by atoms with Crippen LogP contribution in [-0.4, -0.2) is 39.2 Å². The second-order valence-corrected chi connectivity index (χ2v) is 5.50. The van der Waals surface area contributed by atoms with Gasteiger partial charge >= 0.3 is 0 Å². The first kappa shape index (κ1) is 17.5. The van der Waals surface area contributed by atoms with E-state index in [0.29, 0.717) is 34.0 Å². The van der Waals surface area contributed by atoms with Crippen molar-refractivity contribution >= 4 is 16.7 Å². The van der Waals surface area contributed by atoms with E-state index >= 15 is 0 Å². The number of ether oxygens (including phenoxy) is 4. The fraction of sp³-hybridized carbons (Fsp3) is 0.200. The molecule has 0 saturated heterocycles. The fourth-order valence-electron chi connectivity index (χ4n) is 2.72. The zero-order chi connectivity index (χ0) is 18.7. The first-order valence-electron chi connectivity index (χ1n) is 7.90. The van der Waals surface area contributed by atoms with Gasteiger partial charge in [0.05, 0.1) is 34.0 Å². The van der Waals surface area contributed by atoms with Crippen molar-refractivity contribution in [2.24, 2.45) is 0 Å². The van der Waals surface area contributed by atoms with Crippen LogP contribution in [-0.2, 0) is 0 Å². The molecule has 0 radical (unpaired) electrons. The van der Waals surface area contributed by atoms with Gasteiger partial charge in [0.1, 0.15) is 11.4 Å². The molecule has 0 bridgehead atoms. The van der Waals surface area contributed by atoms with Gasteiger partial charge in [0.15, 0.2) is 11.5 Å². The van der Waals surface area contributed by atoms with Gasteiger partial charge in [0, 0.05) is 10.9 Å². The number of methoxy groups -OCH3 is 4. The van der Waals surface area contributed by atoms with Crippen LogP contribution in [0.2, 0.25) is 0 Å². The maximum Gasteiger partial charge on any atom is 0.211 e. The summed E-state index contributed by atoms with van der Waals surface area (Å²) in [5, 5.41) is 0.894. The smallest absolute Gasteiger partial charge is 0.211 e. The summed E-state index contributed by atoms with van der Waals surface area (Å²) in [6, 6.07) is 12.3. The molecule has 6 heteroatoms. The van der Waals surface area contributed by atoms with E-state index in [-0.39, 0.29) is 5.78 Å². The molecule has 0 fully saturated rings.